The molecule has 2 aliphatic heterocycles. The van der Waals surface area contributed by atoms with Gasteiger partial charge in [0.25, 0.3) is 0 Å². The topological polar surface area (TPSA) is 47.9 Å². The Balaban J connectivity index is 1.59. The molecule has 4 rings (SSSR count). The van der Waals surface area contributed by atoms with Crippen molar-refractivity contribution in [3.63, 3.8) is 0 Å². The zero-order valence-corrected chi connectivity index (χ0v) is 17.1. The van der Waals surface area contributed by atoms with Gasteiger partial charge in [0.1, 0.15) is 28.6 Å². The van der Waals surface area contributed by atoms with Gasteiger partial charge < -0.3 is 19.3 Å². The van der Waals surface area contributed by atoms with Crippen molar-refractivity contribution in [3.05, 3.63) is 47.0 Å². The monoisotopic (exact) mass is 382 g/mol. The van der Waals surface area contributed by atoms with E-state index in [4.69, 9.17) is 14.2 Å². The third kappa shape index (κ3) is 3.78. The second-order valence-corrected chi connectivity index (χ2v) is 8.51. The molecule has 0 saturated carbocycles. The van der Waals surface area contributed by atoms with Crippen molar-refractivity contribution in [2.45, 2.75) is 64.4 Å². The van der Waals surface area contributed by atoms with Crippen LogP contribution in [0.4, 0.5) is 0 Å². The normalized spacial score (nSPS) is 20.2. The molecule has 0 radical (unpaired) electrons. The average molecular weight is 383 g/mol. The SMILES string of the molecule is CCCOc1cc(O)ccc1C1CCc2ccc3c(c2OC1)CCC(C)(C)O3. The molecule has 0 aliphatic carbocycles. The van der Waals surface area contributed by atoms with E-state index in [2.05, 4.69) is 32.9 Å². The maximum atomic E-state index is 9.88. The van der Waals surface area contributed by atoms with Crippen molar-refractivity contribution in [1.82, 2.24) is 0 Å². The van der Waals surface area contributed by atoms with E-state index >= 15 is 0 Å². The Morgan fingerprint density at radius 1 is 1.18 bits per heavy atom. The molecule has 28 heavy (non-hydrogen) atoms. The second kappa shape index (κ2) is 7.57. The van der Waals surface area contributed by atoms with Crippen LogP contribution in [0.1, 0.15) is 62.6 Å². The van der Waals surface area contributed by atoms with Crippen LogP contribution >= 0.6 is 0 Å². The highest BCUT2D eigenvalue weighted by atomic mass is 16.5. The van der Waals surface area contributed by atoms with Gasteiger partial charge in [0.05, 0.1) is 13.2 Å². The number of benzene rings is 2. The first-order chi connectivity index (χ1) is 13.5. The van der Waals surface area contributed by atoms with Crippen LogP contribution in [0.2, 0.25) is 0 Å². The van der Waals surface area contributed by atoms with Gasteiger partial charge in [-0.2, -0.15) is 0 Å². The smallest absolute Gasteiger partial charge is 0.129 e. The van der Waals surface area contributed by atoms with Crippen LogP contribution in [-0.4, -0.2) is 23.9 Å². The molecule has 2 aromatic rings. The van der Waals surface area contributed by atoms with Crippen molar-refractivity contribution in [2.24, 2.45) is 0 Å². The van der Waals surface area contributed by atoms with E-state index in [-0.39, 0.29) is 17.3 Å². The minimum atomic E-state index is -0.119. The predicted octanol–water partition coefficient (Wildman–Crippen LogP) is 5.39. The third-order valence-electron chi connectivity index (χ3n) is 5.75. The molecule has 0 saturated heterocycles. The lowest BCUT2D eigenvalue weighted by Gasteiger charge is -2.33. The molecule has 2 heterocycles. The molecule has 1 atom stereocenters. The molecular formula is C24H30O4. The Morgan fingerprint density at radius 2 is 2.04 bits per heavy atom. The molecule has 2 aliphatic rings. The van der Waals surface area contributed by atoms with Gasteiger partial charge in [0.15, 0.2) is 0 Å². The van der Waals surface area contributed by atoms with Gasteiger partial charge in [-0.3, -0.25) is 0 Å². The van der Waals surface area contributed by atoms with Gasteiger partial charge in [-0.25, -0.2) is 0 Å². The van der Waals surface area contributed by atoms with Crippen molar-refractivity contribution in [3.8, 4) is 23.0 Å². The van der Waals surface area contributed by atoms with E-state index in [0.29, 0.717) is 13.2 Å². The summed E-state index contributed by atoms with van der Waals surface area (Å²) >= 11 is 0. The fraction of sp³-hybridized carbons (Fsp3) is 0.500. The fourth-order valence-corrected chi connectivity index (χ4v) is 4.18. The molecule has 4 nitrogen and oxygen atoms in total. The number of fused-ring (bicyclic) bond motifs is 3. The molecule has 1 unspecified atom stereocenters. The second-order valence-electron chi connectivity index (χ2n) is 8.51. The number of aromatic hydroxyl groups is 1. The van der Waals surface area contributed by atoms with Gasteiger partial charge in [-0.1, -0.05) is 19.1 Å². The zero-order valence-electron chi connectivity index (χ0n) is 17.1. The summed E-state index contributed by atoms with van der Waals surface area (Å²) in [5, 5.41) is 9.88. The lowest BCUT2D eigenvalue weighted by atomic mass is 9.90. The standard InChI is InChI=1S/C24H30O4/c1-4-13-26-22-14-18(25)8-9-19(22)17-6-5-16-7-10-21-20(23(16)27-15-17)11-12-24(2,3)28-21/h7-10,14,17,25H,4-6,11-13,15H2,1-3H3. The first-order valence-electron chi connectivity index (χ1n) is 10.4. The fourth-order valence-electron chi connectivity index (χ4n) is 4.18. The van der Waals surface area contributed by atoms with E-state index < -0.39 is 0 Å². The van der Waals surface area contributed by atoms with Crippen molar-refractivity contribution in [1.29, 1.82) is 0 Å². The lowest BCUT2D eigenvalue weighted by molar-refractivity contribution is 0.0832. The highest BCUT2D eigenvalue weighted by Gasteiger charge is 2.31. The summed E-state index contributed by atoms with van der Waals surface area (Å²) in [5.41, 5.74) is 3.47. The lowest BCUT2D eigenvalue weighted by Crippen LogP contribution is -2.32. The Hall–Kier alpha value is -2.36. The minimum Gasteiger partial charge on any atom is -0.508 e. The average Bonchev–Trinajstić information content (AvgIpc) is 2.88. The molecule has 0 amide bonds. The Morgan fingerprint density at radius 3 is 2.86 bits per heavy atom. The number of hydrogen-bond acceptors (Lipinski definition) is 4. The van der Waals surface area contributed by atoms with Crippen molar-refractivity contribution in [2.75, 3.05) is 13.2 Å². The number of phenols is 1. The third-order valence-corrected chi connectivity index (χ3v) is 5.75. The Labute approximate surface area is 167 Å². The molecule has 0 bridgehead atoms. The molecule has 4 heteroatoms. The number of rotatable bonds is 4. The van der Waals surface area contributed by atoms with Gasteiger partial charge in [-0.05, 0) is 63.6 Å². The number of aryl methyl sites for hydroxylation is 1. The van der Waals surface area contributed by atoms with Gasteiger partial charge >= 0.3 is 0 Å². The first-order valence-corrected chi connectivity index (χ1v) is 10.4. The van der Waals surface area contributed by atoms with Crippen LogP contribution in [0.5, 0.6) is 23.0 Å². The highest BCUT2D eigenvalue weighted by Crippen LogP contribution is 2.44. The molecule has 1 N–H and O–H groups in total. The number of hydrogen-bond donors (Lipinski definition) is 1. The number of phenolic OH excluding ortho intramolecular Hbond substituents is 1. The van der Waals surface area contributed by atoms with E-state index in [1.807, 2.05) is 6.07 Å². The van der Waals surface area contributed by atoms with E-state index in [1.165, 1.54) is 11.1 Å². The molecule has 150 valence electrons. The van der Waals surface area contributed by atoms with Crippen LogP contribution in [-0.2, 0) is 12.8 Å². The van der Waals surface area contributed by atoms with Crippen LogP contribution in [0.15, 0.2) is 30.3 Å². The largest absolute Gasteiger partial charge is 0.508 e. The van der Waals surface area contributed by atoms with E-state index in [0.717, 1.165) is 54.9 Å². The summed E-state index contributed by atoms with van der Waals surface area (Å²) in [6.45, 7) is 7.62. The van der Waals surface area contributed by atoms with Gasteiger partial charge in [0, 0.05) is 23.1 Å². The molecule has 0 spiro atoms. The molecule has 0 aromatic heterocycles. The molecule has 2 aromatic carbocycles. The van der Waals surface area contributed by atoms with Crippen LogP contribution in [0.3, 0.4) is 0 Å². The number of ether oxygens (including phenoxy) is 3. The summed E-state index contributed by atoms with van der Waals surface area (Å²) in [6.07, 6.45) is 4.87. The van der Waals surface area contributed by atoms with Gasteiger partial charge in [-0.15, -0.1) is 0 Å². The Kier molecular flexibility index (Phi) is 5.13. The quantitative estimate of drug-likeness (QED) is 0.770. The summed E-state index contributed by atoms with van der Waals surface area (Å²) in [7, 11) is 0. The summed E-state index contributed by atoms with van der Waals surface area (Å²) in [4.78, 5) is 0. The Bertz CT molecular complexity index is 856. The maximum absolute atomic E-state index is 9.88. The van der Waals surface area contributed by atoms with Crippen LogP contribution in [0, 0.1) is 0 Å². The maximum Gasteiger partial charge on any atom is 0.129 e. The van der Waals surface area contributed by atoms with Crippen LogP contribution < -0.4 is 14.2 Å². The molecule has 0 fully saturated rings. The zero-order chi connectivity index (χ0) is 19.7. The molecular weight excluding hydrogens is 352 g/mol. The minimum absolute atomic E-state index is 0.119. The summed E-state index contributed by atoms with van der Waals surface area (Å²) in [6, 6.07) is 9.70. The van der Waals surface area contributed by atoms with Crippen molar-refractivity contribution >= 4 is 0 Å². The van der Waals surface area contributed by atoms with E-state index in [9.17, 15) is 5.11 Å². The van der Waals surface area contributed by atoms with E-state index in [1.54, 1.807) is 12.1 Å². The highest BCUT2D eigenvalue weighted by molar-refractivity contribution is 5.52. The predicted molar refractivity (Wildman–Crippen MR) is 110 cm³/mol. The van der Waals surface area contributed by atoms with Crippen LogP contribution in [0.25, 0.3) is 0 Å². The summed E-state index contributed by atoms with van der Waals surface area (Å²) in [5.74, 6) is 3.22. The summed E-state index contributed by atoms with van der Waals surface area (Å²) < 4.78 is 18.5. The van der Waals surface area contributed by atoms with Gasteiger partial charge in [0.2, 0.25) is 0 Å². The van der Waals surface area contributed by atoms with Crippen molar-refractivity contribution < 1.29 is 19.3 Å². The first kappa shape index (κ1) is 19.0.